The highest BCUT2D eigenvalue weighted by Crippen LogP contribution is 2.41. The Balaban J connectivity index is 1.29. The molecule has 44 heavy (non-hydrogen) atoms. The molecule has 210 valence electrons. The van der Waals surface area contributed by atoms with Crippen LogP contribution in [0.2, 0.25) is 0 Å². The first kappa shape index (κ1) is 27.4. The van der Waals surface area contributed by atoms with Gasteiger partial charge in [0.1, 0.15) is 0 Å². The molecule has 0 aliphatic heterocycles. The first-order valence-corrected chi connectivity index (χ1v) is 15.2. The molecular weight excluding hydrogens is 528 g/mol. The molecule has 0 N–H and O–H groups in total. The second-order valence-corrected chi connectivity index (χ2v) is 11.4. The third kappa shape index (κ3) is 4.85. The maximum Gasteiger partial charge on any atom is -0.00261 e. The zero-order chi connectivity index (χ0) is 30.0. The number of hydrogen-bond donors (Lipinski definition) is 0. The quantitative estimate of drug-likeness (QED) is 0.177. The Morgan fingerprint density at radius 3 is 1.89 bits per heavy atom. The number of benzene rings is 6. The summed E-state index contributed by atoms with van der Waals surface area (Å²) in [6.07, 6.45) is 14.3. The van der Waals surface area contributed by atoms with Crippen LogP contribution in [-0.4, -0.2) is 0 Å². The highest BCUT2D eigenvalue weighted by molar-refractivity contribution is 6.17. The Hall–Kier alpha value is -5.46. The molecule has 0 spiro atoms. The lowest BCUT2D eigenvalue weighted by molar-refractivity contribution is 1.27. The Morgan fingerprint density at radius 1 is 0.636 bits per heavy atom. The molecule has 6 aromatic carbocycles. The fourth-order valence-electron chi connectivity index (χ4n) is 6.64. The SMILES string of the molecule is C=Cc1ccccc1C(=C)c1c2ccccc2c(/C(C)=C/C=C2/C=CC(c3cccc4ccccc34)=CC2)c2ccccc12. The van der Waals surface area contributed by atoms with Crippen molar-refractivity contribution >= 4 is 55.1 Å². The molecule has 0 unspecified atom stereocenters. The van der Waals surface area contributed by atoms with E-state index in [1.807, 2.05) is 6.08 Å². The summed E-state index contributed by atoms with van der Waals surface area (Å²) in [5.41, 5.74) is 10.8. The van der Waals surface area contributed by atoms with Crippen molar-refractivity contribution in [3.05, 3.63) is 192 Å². The minimum atomic E-state index is 0.905. The lowest BCUT2D eigenvalue weighted by Crippen LogP contribution is -1.97. The lowest BCUT2D eigenvalue weighted by atomic mass is 9.83. The average molecular weight is 563 g/mol. The molecule has 0 bridgehead atoms. The molecule has 1 aliphatic carbocycles. The molecule has 6 aromatic rings. The molecule has 0 amide bonds. The topological polar surface area (TPSA) is 0 Å². The van der Waals surface area contributed by atoms with Crippen LogP contribution in [0.4, 0.5) is 0 Å². The van der Waals surface area contributed by atoms with Gasteiger partial charge in [-0.05, 0) is 95.8 Å². The van der Waals surface area contributed by atoms with Gasteiger partial charge in [-0.2, -0.15) is 0 Å². The van der Waals surface area contributed by atoms with Gasteiger partial charge in [-0.1, -0.05) is 165 Å². The molecule has 0 fully saturated rings. The lowest BCUT2D eigenvalue weighted by Gasteiger charge is -2.20. The number of rotatable bonds is 6. The van der Waals surface area contributed by atoms with Crippen molar-refractivity contribution < 1.29 is 0 Å². The monoisotopic (exact) mass is 562 g/mol. The van der Waals surface area contributed by atoms with Gasteiger partial charge in [-0.15, -0.1) is 0 Å². The van der Waals surface area contributed by atoms with E-state index in [1.54, 1.807) is 0 Å². The van der Waals surface area contributed by atoms with E-state index in [-0.39, 0.29) is 0 Å². The van der Waals surface area contributed by atoms with Crippen molar-refractivity contribution in [2.75, 3.05) is 0 Å². The third-order valence-corrected chi connectivity index (χ3v) is 8.82. The molecule has 0 atom stereocenters. The highest BCUT2D eigenvalue weighted by Gasteiger charge is 2.18. The fraction of sp³-hybridized carbons (Fsp3) is 0.0455. The Kier molecular flexibility index (Phi) is 7.26. The molecule has 0 heteroatoms. The van der Waals surface area contributed by atoms with E-state index in [0.29, 0.717) is 0 Å². The summed E-state index contributed by atoms with van der Waals surface area (Å²) < 4.78 is 0. The van der Waals surface area contributed by atoms with Gasteiger partial charge >= 0.3 is 0 Å². The smallest absolute Gasteiger partial charge is 0.00261 e. The number of allylic oxidation sites excluding steroid dienone is 8. The molecule has 0 saturated carbocycles. The van der Waals surface area contributed by atoms with Crippen molar-refractivity contribution in [2.24, 2.45) is 0 Å². The van der Waals surface area contributed by atoms with Crippen LogP contribution in [0.3, 0.4) is 0 Å². The van der Waals surface area contributed by atoms with Crippen molar-refractivity contribution in [3.8, 4) is 0 Å². The minimum Gasteiger partial charge on any atom is -0.0984 e. The van der Waals surface area contributed by atoms with Gasteiger partial charge in [0, 0.05) is 0 Å². The van der Waals surface area contributed by atoms with Crippen molar-refractivity contribution in [1.82, 2.24) is 0 Å². The van der Waals surface area contributed by atoms with Gasteiger partial charge in [-0.25, -0.2) is 0 Å². The largest absolute Gasteiger partial charge is 0.0984 e. The van der Waals surface area contributed by atoms with Gasteiger partial charge < -0.3 is 0 Å². The fourth-order valence-corrected chi connectivity index (χ4v) is 6.64. The Labute approximate surface area is 260 Å². The van der Waals surface area contributed by atoms with Gasteiger partial charge in [0.25, 0.3) is 0 Å². The van der Waals surface area contributed by atoms with Crippen LogP contribution in [0.25, 0.3) is 55.1 Å². The summed E-state index contributed by atoms with van der Waals surface area (Å²) in [5.74, 6) is 0. The van der Waals surface area contributed by atoms with E-state index >= 15 is 0 Å². The van der Waals surface area contributed by atoms with Crippen LogP contribution < -0.4 is 0 Å². The van der Waals surface area contributed by atoms with Crippen molar-refractivity contribution in [3.63, 3.8) is 0 Å². The third-order valence-electron chi connectivity index (χ3n) is 8.82. The first-order valence-electron chi connectivity index (χ1n) is 15.2. The maximum absolute atomic E-state index is 4.64. The standard InChI is InChI=1S/C44H34/c1-4-33-14-5-7-17-36(33)31(3)44-41-21-11-9-19-39(41)43(40-20-10-12-22-42(40)44)30(2)24-25-32-26-28-35(29-27-32)38-23-13-16-34-15-6-8-18-37(34)38/h4-26,28-29H,1,3,27H2,2H3/b30-24+,32-25-. The maximum atomic E-state index is 4.64. The van der Waals surface area contributed by atoms with Gasteiger partial charge in [-0.3, -0.25) is 0 Å². The van der Waals surface area contributed by atoms with Gasteiger partial charge in [0.15, 0.2) is 0 Å². The van der Waals surface area contributed by atoms with Crippen LogP contribution in [0.1, 0.15) is 41.2 Å². The summed E-state index contributed by atoms with van der Waals surface area (Å²) in [7, 11) is 0. The molecule has 0 nitrogen and oxygen atoms in total. The number of fused-ring (bicyclic) bond motifs is 3. The van der Waals surface area contributed by atoms with Crippen molar-refractivity contribution in [1.29, 1.82) is 0 Å². The summed E-state index contributed by atoms with van der Waals surface area (Å²) >= 11 is 0. The van der Waals surface area contributed by atoms with Crippen LogP contribution in [0, 0.1) is 0 Å². The van der Waals surface area contributed by atoms with Crippen LogP contribution >= 0.6 is 0 Å². The molecule has 0 radical (unpaired) electrons. The van der Waals surface area contributed by atoms with E-state index in [4.69, 9.17) is 0 Å². The van der Waals surface area contributed by atoms with Crippen molar-refractivity contribution in [2.45, 2.75) is 13.3 Å². The molecule has 0 aromatic heterocycles. The first-order chi connectivity index (χ1) is 21.6. The van der Waals surface area contributed by atoms with Crippen LogP contribution in [0.15, 0.2) is 164 Å². The molecular formula is C44H34. The van der Waals surface area contributed by atoms with Crippen LogP contribution in [-0.2, 0) is 0 Å². The summed E-state index contributed by atoms with van der Waals surface area (Å²) in [6, 6.07) is 41.0. The highest BCUT2D eigenvalue weighted by atomic mass is 14.2. The molecule has 0 saturated heterocycles. The van der Waals surface area contributed by atoms with E-state index < -0.39 is 0 Å². The van der Waals surface area contributed by atoms with Gasteiger partial charge in [0.05, 0.1) is 0 Å². The van der Waals surface area contributed by atoms with E-state index in [9.17, 15) is 0 Å². The molecule has 0 heterocycles. The summed E-state index contributed by atoms with van der Waals surface area (Å²) in [5, 5.41) is 7.48. The zero-order valence-corrected chi connectivity index (χ0v) is 25.1. The molecule has 7 rings (SSSR count). The predicted octanol–water partition coefficient (Wildman–Crippen LogP) is 12.2. The van der Waals surface area contributed by atoms with E-state index in [1.165, 1.54) is 65.7 Å². The predicted molar refractivity (Wildman–Crippen MR) is 194 cm³/mol. The average Bonchev–Trinajstić information content (AvgIpc) is 3.09. The Bertz CT molecular complexity index is 2170. The van der Waals surface area contributed by atoms with E-state index in [2.05, 4.69) is 166 Å². The normalized spacial score (nSPS) is 14.3. The van der Waals surface area contributed by atoms with Crippen LogP contribution in [0.5, 0.6) is 0 Å². The number of hydrogen-bond acceptors (Lipinski definition) is 0. The minimum absolute atomic E-state index is 0.905. The second-order valence-electron chi connectivity index (χ2n) is 11.4. The zero-order valence-electron chi connectivity index (χ0n) is 25.1. The Morgan fingerprint density at radius 2 is 1.23 bits per heavy atom. The summed E-state index contributed by atoms with van der Waals surface area (Å²) in [4.78, 5) is 0. The van der Waals surface area contributed by atoms with Gasteiger partial charge in [0.2, 0.25) is 0 Å². The van der Waals surface area contributed by atoms with E-state index in [0.717, 1.165) is 23.1 Å². The second kappa shape index (κ2) is 11.7. The summed E-state index contributed by atoms with van der Waals surface area (Å²) in [6.45, 7) is 10.9. The molecule has 1 aliphatic rings.